The lowest BCUT2D eigenvalue weighted by atomic mass is 9.96. The Morgan fingerprint density at radius 2 is 1.78 bits per heavy atom. The van der Waals surface area contributed by atoms with Crippen LogP contribution in [-0.4, -0.2) is 20.3 Å². The van der Waals surface area contributed by atoms with Crippen LogP contribution in [0.25, 0.3) is 0 Å². The van der Waals surface area contributed by atoms with E-state index >= 15 is 0 Å². The van der Waals surface area contributed by atoms with Crippen LogP contribution in [0.15, 0.2) is 12.1 Å². The van der Waals surface area contributed by atoms with Crippen LogP contribution in [0.3, 0.4) is 0 Å². The fraction of sp³-hybridized carbons (Fsp3) is 0.600. The van der Waals surface area contributed by atoms with Gasteiger partial charge in [0.05, 0.1) is 14.2 Å². The fourth-order valence-electron chi connectivity index (χ4n) is 2.17. The van der Waals surface area contributed by atoms with Crippen LogP contribution in [-0.2, 0) is 6.54 Å². The van der Waals surface area contributed by atoms with Crippen LogP contribution in [0.2, 0.25) is 0 Å². The molecule has 2 rings (SSSR count). The Labute approximate surface area is 109 Å². The van der Waals surface area contributed by atoms with E-state index in [0.717, 1.165) is 24.1 Å². The van der Waals surface area contributed by atoms with Gasteiger partial charge in [0.2, 0.25) is 0 Å². The third-order valence-corrected chi connectivity index (χ3v) is 3.43. The fourth-order valence-corrected chi connectivity index (χ4v) is 2.17. The highest BCUT2D eigenvalue weighted by Crippen LogP contribution is 2.34. The number of hydrogen-bond acceptors (Lipinski definition) is 3. The first-order valence-corrected chi connectivity index (χ1v) is 6.64. The normalized spacial score (nSPS) is 14.9. The minimum absolute atomic E-state index is 0.487. The number of methoxy groups -OCH3 is 2. The van der Waals surface area contributed by atoms with Crippen molar-refractivity contribution in [1.82, 2.24) is 5.32 Å². The second-order valence-corrected chi connectivity index (χ2v) is 5.22. The summed E-state index contributed by atoms with van der Waals surface area (Å²) < 4.78 is 10.8. The minimum atomic E-state index is 0.487. The van der Waals surface area contributed by atoms with E-state index in [1.807, 2.05) is 0 Å². The van der Waals surface area contributed by atoms with Crippen molar-refractivity contribution in [2.45, 2.75) is 45.2 Å². The summed E-state index contributed by atoms with van der Waals surface area (Å²) in [5.41, 5.74) is 2.65. The molecule has 0 radical (unpaired) electrons. The Kier molecular flexibility index (Phi) is 4.12. The number of benzene rings is 1. The average molecular weight is 249 g/mol. The van der Waals surface area contributed by atoms with Crippen molar-refractivity contribution < 1.29 is 9.47 Å². The molecule has 18 heavy (non-hydrogen) atoms. The van der Waals surface area contributed by atoms with Gasteiger partial charge in [-0.3, -0.25) is 0 Å². The zero-order valence-corrected chi connectivity index (χ0v) is 11.7. The lowest BCUT2D eigenvalue weighted by molar-refractivity contribution is 0.353. The van der Waals surface area contributed by atoms with Crippen molar-refractivity contribution in [2.75, 3.05) is 14.2 Å². The maximum Gasteiger partial charge on any atom is 0.161 e. The standard InChI is InChI=1S/C15H23NO2/c1-10(2)13-8-15(18-4)14(17-3)7-11(13)9-16-12-5-6-12/h7-8,10,12,16H,5-6,9H2,1-4H3. The topological polar surface area (TPSA) is 30.5 Å². The molecule has 1 aromatic rings. The second kappa shape index (κ2) is 5.61. The summed E-state index contributed by atoms with van der Waals surface area (Å²) in [6, 6.07) is 4.93. The molecule has 1 N–H and O–H groups in total. The summed E-state index contributed by atoms with van der Waals surface area (Å²) in [6.45, 7) is 5.34. The van der Waals surface area contributed by atoms with Crippen molar-refractivity contribution in [3.63, 3.8) is 0 Å². The molecule has 1 aromatic carbocycles. The monoisotopic (exact) mass is 249 g/mol. The van der Waals surface area contributed by atoms with E-state index in [1.54, 1.807) is 14.2 Å². The molecule has 1 fully saturated rings. The van der Waals surface area contributed by atoms with Gasteiger partial charge in [0.15, 0.2) is 11.5 Å². The highest BCUT2D eigenvalue weighted by Gasteiger charge is 2.21. The zero-order valence-electron chi connectivity index (χ0n) is 11.7. The van der Waals surface area contributed by atoms with Gasteiger partial charge in [-0.25, -0.2) is 0 Å². The molecule has 0 spiro atoms. The van der Waals surface area contributed by atoms with E-state index in [0.29, 0.717) is 5.92 Å². The van der Waals surface area contributed by atoms with E-state index in [-0.39, 0.29) is 0 Å². The SMILES string of the molecule is COc1cc(CNC2CC2)c(C(C)C)cc1OC. The quantitative estimate of drug-likeness (QED) is 0.840. The first-order chi connectivity index (χ1) is 8.65. The van der Waals surface area contributed by atoms with E-state index in [4.69, 9.17) is 9.47 Å². The van der Waals surface area contributed by atoms with Crippen LogP contribution in [0, 0.1) is 0 Å². The van der Waals surface area contributed by atoms with E-state index in [1.165, 1.54) is 24.0 Å². The molecule has 100 valence electrons. The minimum Gasteiger partial charge on any atom is -0.493 e. The molecule has 0 bridgehead atoms. The van der Waals surface area contributed by atoms with Crippen molar-refractivity contribution in [3.05, 3.63) is 23.3 Å². The van der Waals surface area contributed by atoms with Gasteiger partial charge in [-0.1, -0.05) is 13.8 Å². The molecule has 1 aliphatic rings. The molecule has 0 aromatic heterocycles. The zero-order chi connectivity index (χ0) is 13.1. The van der Waals surface area contributed by atoms with Gasteiger partial charge in [-0.15, -0.1) is 0 Å². The van der Waals surface area contributed by atoms with Gasteiger partial charge >= 0.3 is 0 Å². The molecule has 3 nitrogen and oxygen atoms in total. The number of ether oxygens (including phenoxy) is 2. The van der Waals surface area contributed by atoms with Crippen molar-refractivity contribution >= 4 is 0 Å². The smallest absolute Gasteiger partial charge is 0.161 e. The molecule has 0 atom stereocenters. The maximum absolute atomic E-state index is 5.38. The van der Waals surface area contributed by atoms with Crippen LogP contribution in [0.4, 0.5) is 0 Å². The molecule has 3 heteroatoms. The summed E-state index contributed by atoms with van der Waals surface area (Å²) in [4.78, 5) is 0. The van der Waals surface area contributed by atoms with Gasteiger partial charge < -0.3 is 14.8 Å². The Bertz CT molecular complexity index is 411. The van der Waals surface area contributed by atoms with Gasteiger partial charge in [-0.05, 0) is 42.0 Å². The third kappa shape index (κ3) is 2.96. The van der Waals surface area contributed by atoms with Gasteiger partial charge in [-0.2, -0.15) is 0 Å². The Morgan fingerprint density at radius 3 is 2.28 bits per heavy atom. The number of hydrogen-bond donors (Lipinski definition) is 1. The predicted octanol–water partition coefficient (Wildman–Crippen LogP) is 3.08. The Balaban J connectivity index is 2.27. The molecular weight excluding hydrogens is 226 g/mol. The molecular formula is C15H23NO2. The predicted molar refractivity (Wildman–Crippen MR) is 73.5 cm³/mol. The van der Waals surface area contributed by atoms with Gasteiger partial charge in [0, 0.05) is 12.6 Å². The lowest BCUT2D eigenvalue weighted by Crippen LogP contribution is -2.17. The highest BCUT2D eigenvalue weighted by molar-refractivity contribution is 5.48. The highest BCUT2D eigenvalue weighted by atomic mass is 16.5. The van der Waals surface area contributed by atoms with Gasteiger partial charge in [0.1, 0.15) is 0 Å². The molecule has 0 saturated heterocycles. The number of rotatable bonds is 6. The largest absolute Gasteiger partial charge is 0.493 e. The number of nitrogens with one attached hydrogen (secondary N) is 1. The van der Waals surface area contributed by atoms with Crippen LogP contribution >= 0.6 is 0 Å². The maximum atomic E-state index is 5.38. The average Bonchev–Trinajstić information content (AvgIpc) is 3.18. The first kappa shape index (κ1) is 13.2. The van der Waals surface area contributed by atoms with Crippen molar-refractivity contribution in [3.8, 4) is 11.5 Å². The van der Waals surface area contributed by atoms with Crippen LogP contribution in [0.1, 0.15) is 43.7 Å². The first-order valence-electron chi connectivity index (χ1n) is 6.64. The van der Waals surface area contributed by atoms with Crippen LogP contribution in [0.5, 0.6) is 11.5 Å². The van der Waals surface area contributed by atoms with Crippen molar-refractivity contribution in [1.29, 1.82) is 0 Å². The summed E-state index contributed by atoms with van der Waals surface area (Å²) in [7, 11) is 3.37. The van der Waals surface area contributed by atoms with Crippen molar-refractivity contribution in [2.24, 2.45) is 0 Å². The molecule has 0 unspecified atom stereocenters. The van der Waals surface area contributed by atoms with E-state index in [2.05, 4.69) is 31.3 Å². The Morgan fingerprint density at radius 1 is 1.17 bits per heavy atom. The second-order valence-electron chi connectivity index (χ2n) is 5.22. The molecule has 0 aliphatic heterocycles. The lowest BCUT2D eigenvalue weighted by Gasteiger charge is -2.17. The molecule has 1 saturated carbocycles. The summed E-state index contributed by atoms with van der Waals surface area (Å²) in [5.74, 6) is 2.12. The molecule has 1 aliphatic carbocycles. The van der Waals surface area contributed by atoms with E-state index in [9.17, 15) is 0 Å². The summed E-state index contributed by atoms with van der Waals surface area (Å²) >= 11 is 0. The molecule has 0 heterocycles. The Hall–Kier alpha value is -1.22. The molecule has 0 amide bonds. The van der Waals surface area contributed by atoms with Crippen LogP contribution < -0.4 is 14.8 Å². The summed E-state index contributed by atoms with van der Waals surface area (Å²) in [6.07, 6.45) is 2.62. The van der Waals surface area contributed by atoms with Gasteiger partial charge in [0.25, 0.3) is 0 Å². The summed E-state index contributed by atoms with van der Waals surface area (Å²) in [5, 5.41) is 3.56. The van der Waals surface area contributed by atoms with E-state index < -0.39 is 0 Å². The third-order valence-electron chi connectivity index (χ3n) is 3.43.